The van der Waals surface area contributed by atoms with Gasteiger partial charge in [0, 0.05) is 25.1 Å². The zero-order valence-corrected chi connectivity index (χ0v) is 11.8. The standard InChI is InChI=1S/C16H23NO2/c1-12-3-5-14(6-4-12)15(18)8-10-17-9-7-13(2)16(19)11-17/h3-6,13,16,19H,7-11H2,1-2H3/t13-,16-/m1/s1. The van der Waals surface area contributed by atoms with E-state index >= 15 is 0 Å². The van der Waals surface area contributed by atoms with E-state index in [1.165, 1.54) is 5.56 Å². The number of Topliss-reactive ketones (excluding diaryl/α,β-unsaturated/α-hetero) is 1. The second kappa shape index (κ2) is 6.31. The van der Waals surface area contributed by atoms with E-state index in [9.17, 15) is 9.90 Å². The van der Waals surface area contributed by atoms with Crippen molar-refractivity contribution in [1.82, 2.24) is 4.90 Å². The second-order valence-corrected chi connectivity index (χ2v) is 5.67. The molecule has 1 N–H and O–H groups in total. The van der Waals surface area contributed by atoms with Crippen molar-refractivity contribution < 1.29 is 9.90 Å². The molecule has 1 aromatic rings. The third kappa shape index (κ3) is 3.88. The second-order valence-electron chi connectivity index (χ2n) is 5.67. The van der Waals surface area contributed by atoms with Gasteiger partial charge in [0.25, 0.3) is 0 Å². The predicted molar refractivity (Wildman–Crippen MR) is 76.4 cm³/mol. The number of carbonyl (C=O) groups excluding carboxylic acids is 1. The van der Waals surface area contributed by atoms with Crippen molar-refractivity contribution in [3.8, 4) is 0 Å². The van der Waals surface area contributed by atoms with Crippen LogP contribution in [0.25, 0.3) is 0 Å². The highest BCUT2D eigenvalue weighted by Crippen LogP contribution is 2.17. The Kier molecular flexibility index (Phi) is 4.72. The maximum Gasteiger partial charge on any atom is 0.164 e. The van der Waals surface area contributed by atoms with Crippen LogP contribution in [-0.2, 0) is 0 Å². The van der Waals surface area contributed by atoms with Crippen LogP contribution in [0.2, 0.25) is 0 Å². The molecule has 3 heteroatoms. The van der Waals surface area contributed by atoms with Gasteiger partial charge in [-0.2, -0.15) is 0 Å². The van der Waals surface area contributed by atoms with Gasteiger partial charge in [-0.25, -0.2) is 0 Å². The van der Waals surface area contributed by atoms with Crippen LogP contribution in [0.4, 0.5) is 0 Å². The number of aryl methyl sites for hydroxylation is 1. The summed E-state index contributed by atoms with van der Waals surface area (Å²) in [7, 11) is 0. The first-order valence-electron chi connectivity index (χ1n) is 7.06. The number of benzene rings is 1. The van der Waals surface area contributed by atoms with E-state index in [2.05, 4.69) is 11.8 Å². The molecular weight excluding hydrogens is 238 g/mol. The summed E-state index contributed by atoms with van der Waals surface area (Å²) < 4.78 is 0. The molecule has 1 aliphatic rings. The van der Waals surface area contributed by atoms with Crippen molar-refractivity contribution in [2.45, 2.75) is 32.8 Å². The van der Waals surface area contributed by atoms with Gasteiger partial charge in [-0.3, -0.25) is 4.79 Å². The van der Waals surface area contributed by atoms with Crippen LogP contribution in [0.1, 0.15) is 35.7 Å². The van der Waals surface area contributed by atoms with Gasteiger partial charge in [0.2, 0.25) is 0 Å². The largest absolute Gasteiger partial charge is 0.392 e. The van der Waals surface area contributed by atoms with E-state index in [4.69, 9.17) is 0 Å². The SMILES string of the molecule is Cc1ccc(C(=O)CCN2CC[C@@H](C)[C@H](O)C2)cc1. The summed E-state index contributed by atoms with van der Waals surface area (Å²) in [6.45, 7) is 6.53. The smallest absolute Gasteiger partial charge is 0.164 e. The number of piperidine rings is 1. The molecule has 104 valence electrons. The van der Waals surface area contributed by atoms with Gasteiger partial charge in [0.1, 0.15) is 0 Å². The van der Waals surface area contributed by atoms with Crippen LogP contribution < -0.4 is 0 Å². The molecule has 2 rings (SSSR count). The van der Waals surface area contributed by atoms with Crippen molar-refractivity contribution in [1.29, 1.82) is 0 Å². The van der Waals surface area contributed by atoms with Crippen LogP contribution in [0.5, 0.6) is 0 Å². The predicted octanol–water partition coefficient (Wildman–Crippen LogP) is 2.27. The van der Waals surface area contributed by atoms with E-state index < -0.39 is 0 Å². The van der Waals surface area contributed by atoms with Gasteiger partial charge < -0.3 is 10.0 Å². The molecule has 1 heterocycles. The summed E-state index contributed by atoms with van der Waals surface area (Å²) in [6, 6.07) is 7.73. The number of aliphatic hydroxyl groups excluding tert-OH is 1. The topological polar surface area (TPSA) is 40.5 Å². The van der Waals surface area contributed by atoms with Crippen molar-refractivity contribution in [3.63, 3.8) is 0 Å². The Balaban J connectivity index is 1.82. The van der Waals surface area contributed by atoms with Crippen LogP contribution in [0, 0.1) is 12.8 Å². The zero-order valence-electron chi connectivity index (χ0n) is 11.8. The lowest BCUT2D eigenvalue weighted by Crippen LogP contribution is -2.43. The lowest BCUT2D eigenvalue weighted by atomic mass is 9.96. The van der Waals surface area contributed by atoms with Gasteiger partial charge in [-0.15, -0.1) is 0 Å². The molecule has 0 amide bonds. The van der Waals surface area contributed by atoms with Crippen molar-refractivity contribution in [2.75, 3.05) is 19.6 Å². The van der Waals surface area contributed by atoms with E-state index in [1.54, 1.807) is 0 Å². The Morgan fingerprint density at radius 1 is 1.37 bits per heavy atom. The van der Waals surface area contributed by atoms with E-state index in [0.29, 0.717) is 18.9 Å². The molecule has 0 spiro atoms. The fraction of sp³-hybridized carbons (Fsp3) is 0.562. The number of rotatable bonds is 4. The van der Waals surface area contributed by atoms with Gasteiger partial charge in [0.15, 0.2) is 5.78 Å². The van der Waals surface area contributed by atoms with Crippen LogP contribution in [0.15, 0.2) is 24.3 Å². The van der Waals surface area contributed by atoms with Crippen molar-refractivity contribution >= 4 is 5.78 Å². The minimum Gasteiger partial charge on any atom is -0.392 e. The number of β-amino-alcohol motifs (C(OH)–C–C–N with tert-alkyl or cyclic N) is 1. The highest BCUT2D eigenvalue weighted by atomic mass is 16.3. The number of nitrogens with zero attached hydrogens (tertiary/aromatic N) is 1. The lowest BCUT2D eigenvalue weighted by molar-refractivity contribution is 0.0287. The first kappa shape index (κ1) is 14.2. The average molecular weight is 261 g/mol. The molecule has 0 saturated carbocycles. The summed E-state index contributed by atoms with van der Waals surface area (Å²) in [5, 5.41) is 9.83. The Morgan fingerprint density at radius 2 is 2.05 bits per heavy atom. The molecule has 2 atom stereocenters. The van der Waals surface area contributed by atoms with Gasteiger partial charge in [-0.05, 0) is 25.8 Å². The number of hydrogen-bond donors (Lipinski definition) is 1. The van der Waals surface area contributed by atoms with E-state index in [-0.39, 0.29) is 11.9 Å². The maximum absolute atomic E-state index is 12.1. The molecule has 1 aromatic carbocycles. The Morgan fingerprint density at radius 3 is 2.68 bits per heavy atom. The minimum absolute atomic E-state index is 0.188. The van der Waals surface area contributed by atoms with Gasteiger partial charge >= 0.3 is 0 Å². The molecule has 3 nitrogen and oxygen atoms in total. The molecule has 0 aromatic heterocycles. The van der Waals surface area contributed by atoms with Crippen LogP contribution in [0.3, 0.4) is 0 Å². The molecule has 19 heavy (non-hydrogen) atoms. The number of likely N-dealkylation sites (tertiary alicyclic amines) is 1. The number of aliphatic hydroxyl groups is 1. The van der Waals surface area contributed by atoms with Crippen molar-refractivity contribution in [2.24, 2.45) is 5.92 Å². The summed E-state index contributed by atoms with van der Waals surface area (Å²) in [5.74, 6) is 0.567. The molecule has 0 bridgehead atoms. The highest BCUT2D eigenvalue weighted by molar-refractivity contribution is 5.96. The summed E-state index contributed by atoms with van der Waals surface area (Å²) in [5.41, 5.74) is 1.96. The third-order valence-electron chi connectivity index (χ3n) is 4.03. The normalized spacial score (nSPS) is 24.4. The fourth-order valence-corrected chi connectivity index (χ4v) is 2.46. The van der Waals surface area contributed by atoms with Crippen LogP contribution >= 0.6 is 0 Å². The Labute approximate surface area is 115 Å². The molecule has 1 saturated heterocycles. The molecule has 0 unspecified atom stereocenters. The minimum atomic E-state index is -0.247. The summed E-state index contributed by atoms with van der Waals surface area (Å²) in [6.07, 6.45) is 1.30. The summed E-state index contributed by atoms with van der Waals surface area (Å²) in [4.78, 5) is 14.2. The molecule has 0 radical (unpaired) electrons. The Bertz CT molecular complexity index is 427. The fourth-order valence-electron chi connectivity index (χ4n) is 2.46. The van der Waals surface area contributed by atoms with Crippen molar-refractivity contribution in [3.05, 3.63) is 35.4 Å². The lowest BCUT2D eigenvalue weighted by Gasteiger charge is -2.34. The molecule has 1 fully saturated rings. The van der Waals surface area contributed by atoms with Gasteiger partial charge in [-0.1, -0.05) is 36.8 Å². The number of hydrogen-bond acceptors (Lipinski definition) is 3. The van der Waals surface area contributed by atoms with Crippen LogP contribution in [-0.4, -0.2) is 41.5 Å². The molecule has 0 aliphatic carbocycles. The highest BCUT2D eigenvalue weighted by Gasteiger charge is 2.24. The quantitative estimate of drug-likeness (QED) is 0.845. The molecule has 1 aliphatic heterocycles. The van der Waals surface area contributed by atoms with Gasteiger partial charge in [0.05, 0.1) is 6.10 Å². The zero-order chi connectivity index (χ0) is 13.8. The number of ketones is 1. The Hall–Kier alpha value is -1.19. The maximum atomic E-state index is 12.1. The molecular formula is C16H23NO2. The average Bonchev–Trinajstić information content (AvgIpc) is 2.40. The third-order valence-corrected chi connectivity index (χ3v) is 4.03. The first-order chi connectivity index (χ1) is 9.06. The number of carbonyl (C=O) groups is 1. The van der Waals surface area contributed by atoms with E-state index in [1.807, 2.05) is 31.2 Å². The first-order valence-corrected chi connectivity index (χ1v) is 7.06. The van der Waals surface area contributed by atoms with E-state index in [0.717, 1.165) is 25.1 Å². The monoisotopic (exact) mass is 261 g/mol. The summed E-state index contributed by atoms with van der Waals surface area (Å²) >= 11 is 0.